The van der Waals surface area contributed by atoms with Gasteiger partial charge in [-0.2, -0.15) is 0 Å². The first-order valence-corrected chi connectivity index (χ1v) is 5.37. The van der Waals surface area contributed by atoms with Crippen LogP contribution >= 0.6 is 11.6 Å². The molecule has 3 nitrogen and oxygen atoms in total. The minimum atomic E-state index is -0.273. The Bertz CT molecular complexity index is 502. The molecule has 0 radical (unpaired) electrons. The first-order valence-electron chi connectivity index (χ1n) is 4.83. The number of aromatic nitrogens is 3. The molecule has 0 spiro atoms. The summed E-state index contributed by atoms with van der Waals surface area (Å²) in [4.78, 5) is 0. The average Bonchev–Trinajstić information content (AvgIpc) is 2.58. The molecule has 0 fully saturated rings. The summed E-state index contributed by atoms with van der Waals surface area (Å²) in [5.41, 5.74) is 1.56. The number of aryl methyl sites for hydroxylation is 1. The third-order valence-electron chi connectivity index (χ3n) is 2.38. The topological polar surface area (TPSA) is 30.7 Å². The van der Waals surface area contributed by atoms with Crippen molar-refractivity contribution < 1.29 is 4.39 Å². The lowest BCUT2D eigenvalue weighted by molar-refractivity contribution is 0.627. The van der Waals surface area contributed by atoms with E-state index in [0.717, 1.165) is 5.56 Å². The van der Waals surface area contributed by atoms with E-state index in [1.807, 2.05) is 20.0 Å². The number of benzene rings is 1. The minimum absolute atomic E-state index is 0.273. The summed E-state index contributed by atoms with van der Waals surface area (Å²) < 4.78 is 15.0. The zero-order valence-corrected chi connectivity index (χ0v) is 9.79. The summed E-state index contributed by atoms with van der Waals surface area (Å²) in [6, 6.07) is 4.78. The normalized spacial score (nSPS) is 10.8. The summed E-state index contributed by atoms with van der Waals surface area (Å²) in [6.45, 7) is 1.84. The van der Waals surface area contributed by atoms with E-state index in [9.17, 15) is 4.39 Å². The molecular weight excluding hydrogens is 229 g/mol. The summed E-state index contributed by atoms with van der Waals surface area (Å²) >= 11 is 5.70. The van der Waals surface area contributed by atoms with Crippen molar-refractivity contribution in [3.8, 4) is 11.4 Å². The maximum Gasteiger partial charge on any atom is 0.163 e. The number of hydrogen-bond acceptors (Lipinski definition) is 2. The molecule has 0 aliphatic rings. The Morgan fingerprint density at radius 3 is 2.62 bits per heavy atom. The second-order valence-corrected chi connectivity index (χ2v) is 3.92. The Balaban J connectivity index is 2.54. The maximum atomic E-state index is 13.3. The molecule has 0 N–H and O–H groups in total. The molecule has 16 heavy (non-hydrogen) atoms. The lowest BCUT2D eigenvalue weighted by Gasteiger charge is -2.03. The number of hydrogen-bond donors (Lipinski definition) is 0. The van der Waals surface area contributed by atoms with Crippen LogP contribution in [0.3, 0.4) is 0 Å². The molecule has 2 rings (SSSR count). The van der Waals surface area contributed by atoms with E-state index in [1.165, 1.54) is 12.1 Å². The lowest BCUT2D eigenvalue weighted by atomic mass is 10.1. The van der Waals surface area contributed by atoms with Crippen molar-refractivity contribution in [3.05, 3.63) is 35.4 Å². The molecule has 1 aromatic carbocycles. The van der Waals surface area contributed by atoms with E-state index in [-0.39, 0.29) is 11.7 Å². The fourth-order valence-electron chi connectivity index (χ4n) is 1.59. The second-order valence-electron chi connectivity index (χ2n) is 3.65. The van der Waals surface area contributed by atoms with Crippen LogP contribution in [0.2, 0.25) is 0 Å². The van der Waals surface area contributed by atoms with Gasteiger partial charge < -0.3 is 4.57 Å². The molecule has 0 aliphatic carbocycles. The highest BCUT2D eigenvalue weighted by Gasteiger charge is 2.10. The molecule has 2 aromatic rings. The van der Waals surface area contributed by atoms with Gasteiger partial charge in [0.1, 0.15) is 11.6 Å². The van der Waals surface area contributed by atoms with E-state index in [4.69, 9.17) is 11.6 Å². The van der Waals surface area contributed by atoms with E-state index in [0.29, 0.717) is 17.2 Å². The standard InChI is InChI=1S/C11H11ClFN3/c1-7-3-8(5-9(13)4-7)11-15-14-10(6-12)16(11)2/h3-5H,6H2,1-2H3. The highest BCUT2D eigenvalue weighted by molar-refractivity contribution is 6.16. The van der Waals surface area contributed by atoms with Gasteiger partial charge in [-0.3, -0.25) is 0 Å². The van der Waals surface area contributed by atoms with Gasteiger partial charge in [0.25, 0.3) is 0 Å². The van der Waals surface area contributed by atoms with Crippen molar-refractivity contribution in [3.63, 3.8) is 0 Å². The first-order chi connectivity index (χ1) is 7.61. The fourth-order valence-corrected chi connectivity index (χ4v) is 1.83. The predicted octanol–water partition coefficient (Wildman–Crippen LogP) is 2.67. The van der Waals surface area contributed by atoms with Gasteiger partial charge in [-0.1, -0.05) is 0 Å². The van der Waals surface area contributed by atoms with Crippen molar-refractivity contribution in [1.29, 1.82) is 0 Å². The molecule has 1 heterocycles. The zero-order chi connectivity index (χ0) is 11.7. The van der Waals surface area contributed by atoms with Crippen LogP contribution in [0.4, 0.5) is 4.39 Å². The van der Waals surface area contributed by atoms with Gasteiger partial charge in [-0.15, -0.1) is 21.8 Å². The molecule has 0 bridgehead atoms. The van der Waals surface area contributed by atoms with E-state index >= 15 is 0 Å². The SMILES string of the molecule is Cc1cc(F)cc(-c2nnc(CCl)n2C)c1. The molecule has 0 saturated carbocycles. The van der Waals surface area contributed by atoms with Crippen LogP contribution in [0.15, 0.2) is 18.2 Å². The third-order valence-corrected chi connectivity index (χ3v) is 2.62. The third kappa shape index (κ3) is 1.93. The highest BCUT2D eigenvalue weighted by Crippen LogP contribution is 2.20. The van der Waals surface area contributed by atoms with Gasteiger partial charge in [0.15, 0.2) is 5.82 Å². The average molecular weight is 240 g/mol. The number of nitrogens with zero attached hydrogens (tertiary/aromatic N) is 3. The molecule has 5 heteroatoms. The second kappa shape index (κ2) is 4.22. The smallest absolute Gasteiger partial charge is 0.163 e. The molecule has 0 unspecified atom stereocenters. The van der Waals surface area contributed by atoms with Gasteiger partial charge >= 0.3 is 0 Å². The van der Waals surface area contributed by atoms with Gasteiger partial charge in [-0.25, -0.2) is 4.39 Å². The van der Waals surface area contributed by atoms with Gasteiger partial charge in [0.05, 0.1) is 5.88 Å². The summed E-state index contributed by atoms with van der Waals surface area (Å²) in [6.07, 6.45) is 0. The number of halogens is 2. The fraction of sp³-hybridized carbons (Fsp3) is 0.273. The molecule has 0 aliphatic heterocycles. The van der Waals surface area contributed by atoms with Crippen LogP contribution in [-0.2, 0) is 12.9 Å². The Morgan fingerprint density at radius 2 is 2.06 bits per heavy atom. The molecule has 0 saturated heterocycles. The zero-order valence-electron chi connectivity index (χ0n) is 9.04. The van der Waals surface area contributed by atoms with E-state index in [2.05, 4.69) is 10.2 Å². The maximum absolute atomic E-state index is 13.3. The van der Waals surface area contributed by atoms with Gasteiger partial charge in [0, 0.05) is 12.6 Å². The molecule has 84 valence electrons. The van der Waals surface area contributed by atoms with Crippen LogP contribution in [-0.4, -0.2) is 14.8 Å². The van der Waals surface area contributed by atoms with Crippen LogP contribution in [0.25, 0.3) is 11.4 Å². The Hall–Kier alpha value is -1.42. The van der Waals surface area contributed by atoms with Crippen molar-refractivity contribution in [2.24, 2.45) is 7.05 Å². The monoisotopic (exact) mass is 239 g/mol. The van der Waals surface area contributed by atoms with Crippen molar-refractivity contribution >= 4 is 11.6 Å². The molecule has 0 amide bonds. The first kappa shape index (κ1) is 11.1. The number of alkyl halides is 1. The molecule has 0 atom stereocenters. The van der Waals surface area contributed by atoms with Crippen LogP contribution < -0.4 is 0 Å². The van der Waals surface area contributed by atoms with Crippen LogP contribution in [0.5, 0.6) is 0 Å². The predicted molar refractivity (Wildman–Crippen MR) is 60.7 cm³/mol. The lowest BCUT2D eigenvalue weighted by Crippen LogP contribution is -1.97. The van der Waals surface area contributed by atoms with Crippen molar-refractivity contribution in [2.75, 3.05) is 0 Å². The van der Waals surface area contributed by atoms with Crippen molar-refractivity contribution in [2.45, 2.75) is 12.8 Å². The van der Waals surface area contributed by atoms with Crippen LogP contribution in [0.1, 0.15) is 11.4 Å². The Kier molecular flexibility index (Phi) is 2.92. The highest BCUT2D eigenvalue weighted by atomic mass is 35.5. The summed E-state index contributed by atoms with van der Waals surface area (Å²) in [7, 11) is 1.81. The quantitative estimate of drug-likeness (QED) is 0.755. The van der Waals surface area contributed by atoms with Crippen LogP contribution in [0, 0.1) is 12.7 Å². The molecule has 1 aromatic heterocycles. The summed E-state index contributed by atoms with van der Waals surface area (Å²) in [5, 5.41) is 7.93. The van der Waals surface area contributed by atoms with E-state index in [1.54, 1.807) is 4.57 Å². The Morgan fingerprint density at radius 1 is 1.31 bits per heavy atom. The largest absolute Gasteiger partial charge is 0.313 e. The van der Waals surface area contributed by atoms with Gasteiger partial charge in [0.2, 0.25) is 0 Å². The Labute approximate surface area is 97.9 Å². The minimum Gasteiger partial charge on any atom is -0.313 e. The van der Waals surface area contributed by atoms with E-state index < -0.39 is 0 Å². The molecular formula is C11H11ClFN3. The van der Waals surface area contributed by atoms with Gasteiger partial charge in [-0.05, 0) is 30.7 Å². The number of rotatable bonds is 2. The summed E-state index contributed by atoms with van der Waals surface area (Å²) in [5.74, 6) is 1.31. The van der Waals surface area contributed by atoms with Crippen molar-refractivity contribution in [1.82, 2.24) is 14.8 Å².